The Morgan fingerprint density at radius 2 is 1.75 bits per heavy atom. The Labute approximate surface area is 145 Å². The van der Waals surface area contributed by atoms with Crippen molar-refractivity contribution in [3.8, 4) is 0 Å². The zero-order chi connectivity index (χ0) is 18.1. The van der Waals surface area contributed by atoms with Crippen molar-refractivity contribution in [3.63, 3.8) is 0 Å². The summed E-state index contributed by atoms with van der Waals surface area (Å²) in [7, 11) is 0. The Bertz CT molecular complexity index is 570. The molecule has 0 aromatic carbocycles. The van der Waals surface area contributed by atoms with Crippen LogP contribution >= 0.6 is 0 Å². The average Bonchev–Trinajstić information content (AvgIpc) is 2.49. The summed E-state index contributed by atoms with van der Waals surface area (Å²) in [6, 6.07) is 0. The van der Waals surface area contributed by atoms with Crippen molar-refractivity contribution in [1.29, 1.82) is 0 Å². The van der Waals surface area contributed by atoms with Crippen LogP contribution in [0.25, 0.3) is 0 Å². The predicted octanol–water partition coefficient (Wildman–Crippen LogP) is 2.86. The molecule has 24 heavy (non-hydrogen) atoms. The zero-order valence-electron chi connectivity index (χ0n) is 15.6. The molecule has 1 heterocycles. The van der Waals surface area contributed by atoms with E-state index in [1.54, 1.807) is 6.08 Å². The van der Waals surface area contributed by atoms with Gasteiger partial charge in [-0.05, 0) is 38.0 Å². The van der Waals surface area contributed by atoms with Crippen molar-refractivity contribution in [1.82, 2.24) is 0 Å². The Balaban J connectivity index is 2.09. The molecular formula is C20H32O4. The fourth-order valence-corrected chi connectivity index (χ4v) is 5.99. The Hall–Kier alpha value is -0.710. The van der Waals surface area contributed by atoms with Crippen LogP contribution in [0.15, 0.2) is 12.7 Å². The SMILES string of the molecule is C=CC1(C)CCC2C(C)(O1)C(=O)CC1C(C)(C)C(O)CC(O)C21C. The first-order chi connectivity index (χ1) is 10.9. The number of aliphatic hydroxyl groups is 2. The van der Waals surface area contributed by atoms with Gasteiger partial charge in [0.2, 0.25) is 0 Å². The summed E-state index contributed by atoms with van der Waals surface area (Å²) in [5.41, 5.74) is -2.23. The van der Waals surface area contributed by atoms with Crippen LogP contribution in [0.1, 0.15) is 60.3 Å². The van der Waals surface area contributed by atoms with E-state index in [0.29, 0.717) is 12.8 Å². The number of hydrogen-bond donors (Lipinski definition) is 2. The van der Waals surface area contributed by atoms with Gasteiger partial charge in [0.15, 0.2) is 5.78 Å². The predicted molar refractivity (Wildman–Crippen MR) is 92.4 cm³/mol. The van der Waals surface area contributed by atoms with Crippen LogP contribution in [0.5, 0.6) is 0 Å². The first-order valence-electron chi connectivity index (χ1n) is 9.15. The number of rotatable bonds is 1. The molecule has 4 nitrogen and oxygen atoms in total. The van der Waals surface area contributed by atoms with Crippen molar-refractivity contribution in [2.24, 2.45) is 22.7 Å². The molecule has 2 saturated carbocycles. The molecule has 3 rings (SSSR count). The Morgan fingerprint density at radius 3 is 2.33 bits per heavy atom. The van der Waals surface area contributed by atoms with Gasteiger partial charge in [0.25, 0.3) is 0 Å². The molecule has 3 aliphatic rings. The van der Waals surface area contributed by atoms with Gasteiger partial charge in [-0.2, -0.15) is 0 Å². The third-order valence-corrected chi connectivity index (χ3v) is 7.84. The van der Waals surface area contributed by atoms with Gasteiger partial charge in [-0.1, -0.05) is 26.8 Å². The van der Waals surface area contributed by atoms with Crippen molar-refractivity contribution in [3.05, 3.63) is 12.7 Å². The minimum atomic E-state index is -0.897. The maximum absolute atomic E-state index is 13.1. The lowest BCUT2D eigenvalue weighted by atomic mass is 9.42. The smallest absolute Gasteiger partial charge is 0.165 e. The van der Waals surface area contributed by atoms with Crippen molar-refractivity contribution in [2.75, 3.05) is 0 Å². The third-order valence-electron chi connectivity index (χ3n) is 7.84. The van der Waals surface area contributed by atoms with Crippen LogP contribution in [-0.2, 0) is 9.53 Å². The van der Waals surface area contributed by atoms with E-state index < -0.39 is 34.2 Å². The van der Waals surface area contributed by atoms with Gasteiger partial charge in [0, 0.05) is 24.2 Å². The molecule has 3 fully saturated rings. The van der Waals surface area contributed by atoms with E-state index in [4.69, 9.17) is 4.74 Å². The molecule has 0 aromatic rings. The van der Waals surface area contributed by atoms with E-state index in [9.17, 15) is 15.0 Å². The summed E-state index contributed by atoms with van der Waals surface area (Å²) >= 11 is 0. The molecule has 7 atom stereocenters. The van der Waals surface area contributed by atoms with E-state index >= 15 is 0 Å². The molecule has 0 aromatic heterocycles. The second-order valence-corrected chi connectivity index (χ2v) is 9.45. The first-order valence-corrected chi connectivity index (χ1v) is 9.15. The molecule has 0 radical (unpaired) electrons. The Morgan fingerprint density at radius 1 is 1.12 bits per heavy atom. The van der Waals surface area contributed by atoms with E-state index in [1.165, 1.54) is 0 Å². The summed E-state index contributed by atoms with van der Waals surface area (Å²) < 4.78 is 6.34. The highest BCUT2D eigenvalue weighted by atomic mass is 16.5. The largest absolute Gasteiger partial charge is 0.392 e. The van der Waals surface area contributed by atoms with Gasteiger partial charge in [0.1, 0.15) is 5.60 Å². The van der Waals surface area contributed by atoms with E-state index in [0.717, 1.165) is 12.8 Å². The van der Waals surface area contributed by atoms with E-state index in [-0.39, 0.29) is 17.6 Å². The maximum atomic E-state index is 13.1. The molecule has 0 amide bonds. The lowest BCUT2D eigenvalue weighted by Crippen LogP contribution is -2.71. The molecule has 0 bridgehead atoms. The van der Waals surface area contributed by atoms with Crippen molar-refractivity contribution in [2.45, 2.75) is 83.7 Å². The van der Waals surface area contributed by atoms with Crippen LogP contribution in [0.3, 0.4) is 0 Å². The maximum Gasteiger partial charge on any atom is 0.165 e. The topological polar surface area (TPSA) is 66.8 Å². The monoisotopic (exact) mass is 336 g/mol. The van der Waals surface area contributed by atoms with Gasteiger partial charge in [-0.3, -0.25) is 4.79 Å². The van der Waals surface area contributed by atoms with Crippen LogP contribution < -0.4 is 0 Å². The third kappa shape index (κ3) is 2.12. The number of ether oxygens (including phenoxy) is 1. The molecule has 4 heteroatoms. The lowest BCUT2D eigenvalue weighted by molar-refractivity contribution is -0.269. The summed E-state index contributed by atoms with van der Waals surface area (Å²) in [6.07, 6.45) is 2.90. The molecule has 7 unspecified atom stereocenters. The quantitative estimate of drug-likeness (QED) is 0.723. The van der Waals surface area contributed by atoms with Gasteiger partial charge in [-0.15, -0.1) is 6.58 Å². The molecule has 2 N–H and O–H groups in total. The molecule has 2 aliphatic carbocycles. The number of aliphatic hydroxyl groups excluding tert-OH is 2. The second-order valence-electron chi connectivity index (χ2n) is 9.45. The minimum Gasteiger partial charge on any atom is -0.392 e. The highest BCUT2D eigenvalue weighted by Crippen LogP contribution is 2.64. The fraction of sp³-hybridized carbons (Fsp3) is 0.850. The fourth-order valence-electron chi connectivity index (χ4n) is 5.99. The summed E-state index contributed by atoms with van der Waals surface area (Å²) in [4.78, 5) is 13.1. The normalized spacial score (nSPS) is 53.9. The highest BCUT2D eigenvalue weighted by Gasteiger charge is 2.68. The second kappa shape index (κ2) is 5.15. The van der Waals surface area contributed by atoms with Gasteiger partial charge < -0.3 is 14.9 Å². The first kappa shape index (κ1) is 18.1. The van der Waals surface area contributed by atoms with Crippen LogP contribution in [0, 0.1) is 22.7 Å². The van der Waals surface area contributed by atoms with Crippen LogP contribution in [0.4, 0.5) is 0 Å². The number of ketones is 1. The van der Waals surface area contributed by atoms with E-state index in [1.807, 2.05) is 27.7 Å². The van der Waals surface area contributed by atoms with Gasteiger partial charge in [-0.25, -0.2) is 0 Å². The number of hydrogen-bond acceptors (Lipinski definition) is 4. The molecule has 136 valence electrons. The van der Waals surface area contributed by atoms with Crippen LogP contribution in [0.2, 0.25) is 0 Å². The molecule has 1 aliphatic heterocycles. The Kier molecular flexibility index (Phi) is 3.88. The minimum absolute atomic E-state index is 0.0500. The number of Topliss-reactive ketones (excluding diaryl/α,β-unsaturated/α-hetero) is 1. The molecule has 0 spiro atoms. The highest BCUT2D eigenvalue weighted by molar-refractivity contribution is 5.89. The lowest BCUT2D eigenvalue weighted by Gasteiger charge is -2.66. The summed E-state index contributed by atoms with van der Waals surface area (Å²) in [5.74, 6) is -0.00538. The van der Waals surface area contributed by atoms with Crippen molar-refractivity contribution >= 4 is 5.78 Å². The van der Waals surface area contributed by atoms with Gasteiger partial charge in [0.05, 0.1) is 17.8 Å². The average molecular weight is 336 g/mol. The molecular weight excluding hydrogens is 304 g/mol. The van der Waals surface area contributed by atoms with Crippen LogP contribution in [-0.4, -0.2) is 39.4 Å². The summed E-state index contributed by atoms with van der Waals surface area (Å²) in [6.45, 7) is 13.9. The number of fused-ring (bicyclic) bond motifs is 3. The van der Waals surface area contributed by atoms with Gasteiger partial charge >= 0.3 is 0 Å². The van der Waals surface area contributed by atoms with E-state index in [2.05, 4.69) is 13.5 Å². The molecule has 1 saturated heterocycles. The van der Waals surface area contributed by atoms with Crippen molar-refractivity contribution < 1.29 is 19.7 Å². The standard InChI is InChI=1S/C20H32O4/c1-7-18(4)9-8-12-19(5)13(10-16(23)20(12,6)24-18)17(2,3)14(21)11-15(19)22/h7,12-15,21-22H,1,8-11H2,2-6H3. The number of carbonyl (C=O) groups is 1. The summed E-state index contributed by atoms with van der Waals surface area (Å²) in [5, 5.41) is 21.5. The zero-order valence-corrected chi connectivity index (χ0v) is 15.6. The number of carbonyl (C=O) groups excluding carboxylic acids is 1.